The number of para-hydroxylation sites is 1. The van der Waals surface area contributed by atoms with Gasteiger partial charge in [0.15, 0.2) is 11.5 Å². The van der Waals surface area contributed by atoms with E-state index in [-0.39, 0.29) is 0 Å². The summed E-state index contributed by atoms with van der Waals surface area (Å²) in [5, 5.41) is 12.7. The Balaban J connectivity index is 0.000000480. The standard InChI is InChI=1S/C29H30N8OS.C2HF3O2/c1-2-4-24-21(3-1)6-8-27(34-24)39-20-23-19-37-25(18-32-28(29(37)33-23)36-13-15-38-16-14-36)22-5-7-26(31-17-22)35-11-9-30-10-12-35;3-2(4,5)1(6)7/h1-8,17-19,30H,9-16,20H2;(H,6,7). The zero-order valence-electron chi connectivity index (χ0n) is 24.7. The highest BCUT2D eigenvalue weighted by molar-refractivity contribution is 7.98. The number of morpholine rings is 1. The summed E-state index contributed by atoms with van der Waals surface area (Å²) in [4.78, 5) is 33.1. The monoisotopic (exact) mass is 652 g/mol. The van der Waals surface area contributed by atoms with Gasteiger partial charge in [-0.05, 0) is 24.3 Å². The van der Waals surface area contributed by atoms with E-state index in [1.807, 2.05) is 24.5 Å². The molecule has 0 amide bonds. The summed E-state index contributed by atoms with van der Waals surface area (Å²) in [6, 6.07) is 16.7. The van der Waals surface area contributed by atoms with Gasteiger partial charge in [0.2, 0.25) is 0 Å². The number of imidazole rings is 1. The van der Waals surface area contributed by atoms with Crippen LogP contribution in [0.5, 0.6) is 0 Å². The predicted octanol–water partition coefficient (Wildman–Crippen LogP) is 4.51. The SMILES string of the molecule is O=C(O)C(F)(F)F.c1ccc2nc(SCc3cn4c(-c5ccc(N6CCNCC6)nc5)cnc(N5CCOCC5)c4n3)ccc2c1. The quantitative estimate of drug-likeness (QED) is 0.252. The number of fused-ring (bicyclic) bond motifs is 2. The number of carbonyl (C=O) groups is 1. The number of carboxylic acid groups (broad SMARTS) is 1. The van der Waals surface area contributed by atoms with Gasteiger partial charge < -0.3 is 25.0 Å². The highest BCUT2D eigenvalue weighted by Crippen LogP contribution is 2.30. The molecule has 0 spiro atoms. The van der Waals surface area contributed by atoms with Crippen LogP contribution < -0.4 is 15.1 Å². The molecule has 2 N–H and O–H groups in total. The average molecular weight is 653 g/mol. The number of aliphatic carboxylic acids is 1. The number of halogens is 3. The van der Waals surface area contributed by atoms with Crippen LogP contribution in [0.2, 0.25) is 0 Å². The molecular weight excluding hydrogens is 621 g/mol. The number of nitrogens with zero attached hydrogens (tertiary/aromatic N) is 7. The second-order valence-electron chi connectivity index (χ2n) is 10.6. The van der Waals surface area contributed by atoms with E-state index in [4.69, 9.17) is 34.6 Å². The lowest BCUT2D eigenvalue weighted by Crippen LogP contribution is -2.43. The molecular formula is C31H31F3N8O3S. The molecule has 0 saturated carbocycles. The number of alkyl halides is 3. The summed E-state index contributed by atoms with van der Waals surface area (Å²) in [5.74, 6) is -0.130. The maximum Gasteiger partial charge on any atom is 0.490 e. The van der Waals surface area contributed by atoms with Crippen molar-refractivity contribution in [2.45, 2.75) is 17.0 Å². The Labute approximate surface area is 266 Å². The molecule has 0 unspecified atom stereocenters. The van der Waals surface area contributed by atoms with Crippen molar-refractivity contribution in [1.29, 1.82) is 0 Å². The third-order valence-corrected chi connectivity index (χ3v) is 8.47. The van der Waals surface area contributed by atoms with E-state index >= 15 is 0 Å². The summed E-state index contributed by atoms with van der Waals surface area (Å²) in [7, 11) is 0. The number of thioether (sulfide) groups is 1. The fourth-order valence-electron chi connectivity index (χ4n) is 5.19. The van der Waals surface area contributed by atoms with Crippen LogP contribution in [-0.4, -0.2) is 94.1 Å². The molecule has 2 aliphatic rings. The molecule has 5 aromatic rings. The number of aromatic nitrogens is 5. The molecule has 15 heteroatoms. The van der Waals surface area contributed by atoms with E-state index in [0.717, 1.165) is 95.2 Å². The predicted molar refractivity (Wildman–Crippen MR) is 169 cm³/mol. The molecule has 46 heavy (non-hydrogen) atoms. The first kappa shape index (κ1) is 31.5. The number of pyridine rings is 2. The summed E-state index contributed by atoms with van der Waals surface area (Å²) in [6.45, 7) is 6.93. The highest BCUT2D eigenvalue weighted by Gasteiger charge is 2.38. The molecule has 240 valence electrons. The number of hydrogen-bond donors (Lipinski definition) is 2. The zero-order chi connectivity index (χ0) is 32.1. The van der Waals surface area contributed by atoms with Gasteiger partial charge in [0.25, 0.3) is 0 Å². The highest BCUT2D eigenvalue weighted by atomic mass is 32.2. The fraction of sp³-hybridized carbons (Fsp3) is 0.323. The molecule has 2 aliphatic heterocycles. The van der Waals surface area contributed by atoms with Gasteiger partial charge in [-0.2, -0.15) is 13.2 Å². The van der Waals surface area contributed by atoms with E-state index in [2.05, 4.69) is 62.1 Å². The minimum atomic E-state index is -5.08. The lowest BCUT2D eigenvalue weighted by molar-refractivity contribution is -0.192. The number of hydrogen-bond acceptors (Lipinski definition) is 10. The lowest BCUT2D eigenvalue weighted by atomic mass is 10.2. The molecule has 2 fully saturated rings. The number of benzene rings is 1. The molecule has 0 atom stereocenters. The van der Waals surface area contributed by atoms with Crippen LogP contribution in [0.3, 0.4) is 0 Å². The number of carboxylic acids is 1. The van der Waals surface area contributed by atoms with E-state index < -0.39 is 12.1 Å². The Morgan fingerprint density at radius 3 is 2.41 bits per heavy atom. The average Bonchev–Trinajstić information content (AvgIpc) is 3.52. The van der Waals surface area contributed by atoms with Crippen molar-refractivity contribution in [2.75, 3.05) is 62.3 Å². The van der Waals surface area contributed by atoms with Crippen LogP contribution in [0.1, 0.15) is 5.69 Å². The van der Waals surface area contributed by atoms with E-state index in [1.54, 1.807) is 11.8 Å². The van der Waals surface area contributed by atoms with Gasteiger partial charge >= 0.3 is 12.1 Å². The Hall–Kier alpha value is -4.47. The summed E-state index contributed by atoms with van der Waals surface area (Å²) >= 11 is 1.70. The van der Waals surface area contributed by atoms with Crippen LogP contribution in [-0.2, 0) is 15.3 Å². The van der Waals surface area contributed by atoms with E-state index in [0.29, 0.717) is 13.2 Å². The molecule has 7 rings (SSSR count). The number of piperazine rings is 1. The van der Waals surface area contributed by atoms with Gasteiger partial charge in [0.05, 0.1) is 41.3 Å². The lowest BCUT2D eigenvalue weighted by Gasteiger charge is -2.28. The topological polar surface area (TPSA) is 121 Å². The summed E-state index contributed by atoms with van der Waals surface area (Å²) in [6.07, 6.45) is 0.951. The Morgan fingerprint density at radius 2 is 1.70 bits per heavy atom. The summed E-state index contributed by atoms with van der Waals surface area (Å²) in [5.41, 5.74) is 4.86. The second kappa shape index (κ2) is 13.9. The number of anilines is 2. The molecule has 1 aromatic carbocycles. The van der Waals surface area contributed by atoms with Crippen LogP contribution in [0, 0.1) is 0 Å². The van der Waals surface area contributed by atoms with Crippen LogP contribution in [0.15, 0.2) is 72.1 Å². The Kier molecular flexibility index (Phi) is 9.51. The van der Waals surface area contributed by atoms with Crippen LogP contribution in [0.4, 0.5) is 24.8 Å². The van der Waals surface area contributed by atoms with Crippen molar-refractivity contribution < 1.29 is 27.8 Å². The number of ether oxygens (including phenoxy) is 1. The second-order valence-corrected chi connectivity index (χ2v) is 11.6. The van der Waals surface area contributed by atoms with Gasteiger partial charge in [-0.3, -0.25) is 4.40 Å². The third kappa shape index (κ3) is 7.32. The van der Waals surface area contributed by atoms with Gasteiger partial charge in [-0.15, -0.1) is 0 Å². The van der Waals surface area contributed by atoms with Crippen molar-refractivity contribution in [3.05, 3.63) is 72.8 Å². The molecule has 6 heterocycles. The van der Waals surface area contributed by atoms with Crippen molar-refractivity contribution >= 4 is 45.9 Å². The first-order chi connectivity index (χ1) is 22.3. The molecule has 0 aliphatic carbocycles. The van der Waals surface area contributed by atoms with Gasteiger partial charge in [0, 0.05) is 68.4 Å². The number of rotatable bonds is 6. The minimum absolute atomic E-state index is 0.698. The first-order valence-electron chi connectivity index (χ1n) is 14.7. The maximum absolute atomic E-state index is 10.6. The molecule has 0 bridgehead atoms. The van der Waals surface area contributed by atoms with Crippen LogP contribution in [0.25, 0.3) is 27.8 Å². The minimum Gasteiger partial charge on any atom is -0.475 e. The molecule has 0 radical (unpaired) electrons. The van der Waals surface area contributed by atoms with Crippen molar-refractivity contribution in [3.8, 4) is 11.3 Å². The first-order valence-corrected chi connectivity index (χ1v) is 15.7. The largest absolute Gasteiger partial charge is 0.490 e. The molecule has 4 aromatic heterocycles. The number of nitrogens with one attached hydrogen (secondary N) is 1. The van der Waals surface area contributed by atoms with Crippen molar-refractivity contribution in [1.82, 2.24) is 29.7 Å². The Morgan fingerprint density at radius 1 is 0.935 bits per heavy atom. The zero-order valence-corrected chi connectivity index (χ0v) is 25.5. The van der Waals surface area contributed by atoms with Crippen molar-refractivity contribution in [2.24, 2.45) is 0 Å². The van der Waals surface area contributed by atoms with Gasteiger partial charge in [0.1, 0.15) is 5.82 Å². The maximum atomic E-state index is 10.6. The summed E-state index contributed by atoms with van der Waals surface area (Å²) < 4.78 is 39.5. The van der Waals surface area contributed by atoms with Crippen LogP contribution >= 0.6 is 11.8 Å². The normalized spacial score (nSPS) is 15.5. The third-order valence-electron chi connectivity index (χ3n) is 7.50. The van der Waals surface area contributed by atoms with Gasteiger partial charge in [-0.1, -0.05) is 36.0 Å². The van der Waals surface area contributed by atoms with Crippen molar-refractivity contribution in [3.63, 3.8) is 0 Å². The molecule has 11 nitrogen and oxygen atoms in total. The van der Waals surface area contributed by atoms with E-state index in [1.165, 1.54) is 0 Å². The fourth-order valence-corrected chi connectivity index (χ4v) is 5.95. The molecule has 2 saturated heterocycles. The Bertz CT molecular complexity index is 1810. The van der Waals surface area contributed by atoms with E-state index in [9.17, 15) is 13.2 Å². The van der Waals surface area contributed by atoms with Gasteiger partial charge in [-0.25, -0.2) is 24.7 Å². The smallest absolute Gasteiger partial charge is 0.475 e.